The van der Waals surface area contributed by atoms with Crippen LogP contribution in [0, 0.1) is 0 Å². The highest BCUT2D eigenvalue weighted by molar-refractivity contribution is 5.76. The molecule has 0 aromatic rings. The lowest BCUT2D eigenvalue weighted by molar-refractivity contribution is -0.379. The highest BCUT2D eigenvalue weighted by atomic mass is 16.8. The van der Waals surface area contributed by atoms with Crippen molar-refractivity contribution in [3.8, 4) is 0 Å². The molecule has 0 aliphatic carbocycles. The molecule has 107 heavy (non-hydrogen) atoms. The minimum absolute atomic E-state index is 0.234. The van der Waals surface area contributed by atoms with Crippen LogP contribution in [-0.2, 0) is 33.2 Å². The van der Waals surface area contributed by atoms with E-state index in [0.717, 1.165) is 57.8 Å². The number of nitrogens with one attached hydrogen (secondary N) is 1. The minimum Gasteiger partial charge on any atom is -0.394 e. The van der Waals surface area contributed by atoms with Crippen LogP contribution in [0.4, 0.5) is 0 Å². The molecule has 0 aromatic heterocycles. The van der Waals surface area contributed by atoms with Crippen molar-refractivity contribution in [2.45, 2.75) is 491 Å². The molecule has 3 saturated heterocycles. The number of hydrogen-bond acceptors (Lipinski definition) is 18. The summed E-state index contributed by atoms with van der Waals surface area (Å²) in [5.41, 5.74) is 0. The summed E-state index contributed by atoms with van der Waals surface area (Å²) in [4.78, 5) is 13.5. The van der Waals surface area contributed by atoms with Gasteiger partial charge in [-0.05, 0) is 51.4 Å². The maximum Gasteiger partial charge on any atom is 0.220 e. The van der Waals surface area contributed by atoms with Crippen LogP contribution < -0.4 is 5.32 Å². The van der Waals surface area contributed by atoms with Crippen LogP contribution in [0.3, 0.4) is 0 Å². The maximum atomic E-state index is 13.5. The summed E-state index contributed by atoms with van der Waals surface area (Å²) in [5.74, 6) is -0.234. The molecule has 17 atom stereocenters. The van der Waals surface area contributed by atoms with Gasteiger partial charge in [0.1, 0.15) is 73.2 Å². The van der Waals surface area contributed by atoms with E-state index < -0.39 is 124 Å². The number of allylic oxidation sites excluding steroid dienone is 6. The van der Waals surface area contributed by atoms with Crippen molar-refractivity contribution in [3.05, 3.63) is 36.5 Å². The first-order valence-electron chi connectivity index (χ1n) is 44.7. The van der Waals surface area contributed by atoms with E-state index in [1.165, 1.54) is 295 Å². The SMILES string of the molecule is CCCCCCC/C=C\C/C=C\C/C=C\CCCCCCCCCCCCCCCCCCCCCCCCCCC(=O)NC(COC1OC(CO)C(OC2OC(CO)C(OC3OC(CO)C(O)C(O)C3O)C(O)C2O)C(O)C1O)C(O)CCCCCCCCCCCCCCCCCCCCCCCCC. The van der Waals surface area contributed by atoms with Crippen LogP contribution in [0.1, 0.15) is 386 Å². The van der Waals surface area contributed by atoms with Gasteiger partial charge in [0.25, 0.3) is 0 Å². The Morgan fingerprint density at radius 1 is 0.336 bits per heavy atom. The van der Waals surface area contributed by atoms with Gasteiger partial charge in [-0.3, -0.25) is 4.79 Å². The van der Waals surface area contributed by atoms with Gasteiger partial charge in [0.2, 0.25) is 5.91 Å². The van der Waals surface area contributed by atoms with Crippen LogP contribution in [-0.4, -0.2) is 193 Å². The zero-order valence-corrected chi connectivity index (χ0v) is 67.9. The number of aliphatic hydroxyl groups excluding tert-OH is 11. The number of carbonyl (C=O) groups excluding carboxylic acids is 1. The predicted molar refractivity (Wildman–Crippen MR) is 429 cm³/mol. The first-order valence-corrected chi connectivity index (χ1v) is 44.7. The van der Waals surface area contributed by atoms with E-state index in [-0.39, 0.29) is 18.9 Å². The lowest BCUT2D eigenvalue weighted by Crippen LogP contribution is -2.66. The van der Waals surface area contributed by atoms with Gasteiger partial charge < -0.3 is 89.9 Å². The van der Waals surface area contributed by atoms with Gasteiger partial charge in [0, 0.05) is 6.42 Å². The fourth-order valence-electron chi connectivity index (χ4n) is 15.3. The molecule has 0 radical (unpaired) electrons. The fourth-order valence-corrected chi connectivity index (χ4v) is 15.3. The summed E-state index contributed by atoms with van der Waals surface area (Å²) in [6, 6.07) is -0.887. The molecule has 0 saturated carbocycles. The number of amides is 1. The van der Waals surface area contributed by atoms with Gasteiger partial charge in [-0.15, -0.1) is 0 Å². The lowest BCUT2D eigenvalue weighted by atomic mass is 9.96. The smallest absolute Gasteiger partial charge is 0.220 e. The third-order valence-electron chi connectivity index (χ3n) is 22.5. The van der Waals surface area contributed by atoms with E-state index >= 15 is 0 Å². The Bertz CT molecular complexity index is 2070. The van der Waals surface area contributed by atoms with Gasteiger partial charge in [0.05, 0.1) is 38.6 Å². The van der Waals surface area contributed by atoms with E-state index in [1.54, 1.807) is 0 Å². The molecule has 17 unspecified atom stereocenters. The monoisotopic (exact) mass is 1520 g/mol. The molecule has 0 bridgehead atoms. The Morgan fingerprint density at radius 2 is 0.617 bits per heavy atom. The summed E-state index contributed by atoms with van der Waals surface area (Å²) in [6.45, 7) is 1.85. The molecular formula is C88H165NO18. The van der Waals surface area contributed by atoms with Crippen molar-refractivity contribution in [1.82, 2.24) is 5.32 Å². The third kappa shape index (κ3) is 47.5. The first-order chi connectivity index (χ1) is 52.3. The fraction of sp³-hybridized carbons (Fsp3) is 0.920. The van der Waals surface area contributed by atoms with Gasteiger partial charge in [-0.25, -0.2) is 0 Å². The molecule has 12 N–H and O–H groups in total. The molecule has 630 valence electrons. The number of ether oxygens (including phenoxy) is 6. The Kier molecular flexibility index (Phi) is 63.4. The van der Waals surface area contributed by atoms with Crippen LogP contribution in [0.15, 0.2) is 36.5 Å². The minimum atomic E-state index is -1.97. The molecule has 3 aliphatic heterocycles. The van der Waals surface area contributed by atoms with Crippen molar-refractivity contribution in [1.29, 1.82) is 0 Å². The van der Waals surface area contributed by atoms with Crippen LogP contribution in [0.25, 0.3) is 0 Å². The summed E-state index contributed by atoms with van der Waals surface area (Å²) in [7, 11) is 0. The van der Waals surface area contributed by atoms with Crippen molar-refractivity contribution in [2.75, 3.05) is 26.4 Å². The van der Waals surface area contributed by atoms with E-state index in [1.807, 2.05) is 0 Å². The molecule has 19 nitrogen and oxygen atoms in total. The highest BCUT2D eigenvalue weighted by Gasteiger charge is 2.54. The van der Waals surface area contributed by atoms with Crippen molar-refractivity contribution < 1.29 is 89.4 Å². The molecule has 0 spiro atoms. The maximum absolute atomic E-state index is 13.5. The van der Waals surface area contributed by atoms with Crippen molar-refractivity contribution in [3.63, 3.8) is 0 Å². The van der Waals surface area contributed by atoms with Gasteiger partial charge >= 0.3 is 0 Å². The third-order valence-corrected chi connectivity index (χ3v) is 22.5. The lowest BCUT2D eigenvalue weighted by Gasteiger charge is -2.48. The topological polar surface area (TPSA) is 307 Å². The summed E-state index contributed by atoms with van der Waals surface area (Å²) >= 11 is 0. The van der Waals surface area contributed by atoms with Crippen molar-refractivity contribution >= 4 is 5.91 Å². The molecule has 1 amide bonds. The number of aliphatic hydroxyl groups is 11. The largest absolute Gasteiger partial charge is 0.394 e. The van der Waals surface area contributed by atoms with Crippen LogP contribution in [0.5, 0.6) is 0 Å². The van der Waals surface area contributed by atoms with Gasteiger partial charge in [-0.2, -0.15) is 0 Å². The van der Waals surface area contributed by atoms with E-state index in [4.69, 9.17) is 28.4 Å². The van der Waals surface area contributed by atoms with Gasteiger partial charge in [-0.1, -0.05) is 365 Å². The zero-order chi connectivity index (χ0) is 77.4. The Morgan fingerprint density at radius 3 is 0.963 bits per heavy atom. The number of hydrogen-bond donors (Lipinski definition) is 12. The quantitative estimate of drug-likeness (QED) is 0.0199. The average Bonchev–Trinajstić information content (AvgIpc) is 0.781. The molecule has 0 aromatic carbocycles. The number of carbonyl (C=O) groups is 1. The summed E-state index contributed by atoms with van der Waals surface area (Å²) < 4.78 is 34.6. The molecule has 19 heteroatoms. The molecule has 3 fully saturated rings. The standard InChI is InChI=1S/C88H165NO18/c1-3-5-7-9-11-13-15-17-19-21-23-25-27-28-29-30-31-32-33-34-35-36-37-38-39-40-41-42-44-46-48-50-52-54-56-58-60-62-64-66-76(94)89-71(72(93)65-63-61-59-57-55-53-51-49-47-45-43-26-24-22-20-18-16-14-12-10-8-6-4-2)70-102-86-82(100)79(97)84(74(68-91)104-86)107-88-83(101)80(98)85(75(69-92)105-88)106-87-81(99)78(96)77(95)73(67-90)103-87/h15,17,21,23,27-28,71-75,77-88,90-93,95-101H,3-14,16,18-20,22,24-26,29-70H2,1-2H3,(H,89,94)/b17-15-,23-21-,28-27-. The normalized spacial score (nSPS) is 25.6. The van der Waals surface area contributed by atoms with E-state index in [0.29, 0.717) is 12.8 Å². The Hall–Kier alpha value is -1.99. The molecule has 3 aliphatic rings. The highest BCUT2D eigenvalue weighted by Crippen LogP contribution is 2.34. The molecule has 3 rings (SSSR count). The Labute approximate surface area is 651 Å². The van der Waals surface area contributed by atoms with Crippen LogP contribution in [0.2, 0.25) is 0 Å². The van der Waals surface area contributed by atoms with Crippen LogP contribution >= 0.6 is 0 Å². The van der Waals surface area contributed by atoms with Crippen molar-refractivity contribution in [2.24, 2.45) is 0 Å². The average molecular weight is 1530 g/mol. The molecule has 3 heterocycles. The summed E-state index contributed by atoms with van der Waals surface area (Å²) in [6.07, 6.45) is 59.7. The second kappa shape index (κ2) is 68.4. The number of unbranched alkanes of at least 4 members (excludes halogenated alkanes) is 51. The van der Waals surface area contributed by atoms with E-state index in [2.05, 4.69) is 55.6 Å². The molecular weight excluding hydrogens is 1360 g/mol. The Balaban J connectivity index is 1.30. The summed E-state index contributed by atoms with van der Waals surface area (Å²) in [5, 5.41) is 121. The van der Waals surface area contributed by atoms with E-state index in [9.17, 15) is 61.0 Å². The second-order valence-corrected chi connectivity index (χ2v) is 32.1. The number of rotatable bonds is 73. The first kappa shape index (κ1) is 99.2. The van der Waals surface area contributed by atoms with Gasteiger partial charge in [0.15, 0.2) is 18.9 Å². The second-order valence-electron chi connectivity index (χ2n) is 32.1. The zero-order valence-electron chi connectivity index (χ0n) is 67.9. The predicted octanol–water partition coefficient (Wildman–Crippen LogP) is 16.6.